The highest BCUT2D eigenvalue weighted by Crippen LogP contribution is 2.28. The van der Waals surface area contributed by atoms with Crippen molar-refractivity contribution in [2.24, 2.45) is 0 Å². The minimum atomic E-state index is 0.258. The van der Waals surface area contributed by atoms with Crippen molar-refractivity contribution in [1.29, 1.82) is 0 Å². The first-order valence-electron chi connectivity index (χ1n) is 6.19. The maximum absolute atomic E-state index is 6.33. The summed E-state index contributed by atoms with van der Waals surface area (Å²) in [5, 5.41) is 3.99. The van der Waals surface area contributed by atoms with Crippen molar-refractivity contribution in [1.82, 2.24) is 5.32 Å². The van der Waals surface area contributed by atoms with Gasteiger partial charge in [0.05, 0.1) is 6.61 Å². The van der Waals surface area contributed by atoms with Crippen LogP contribution in [0.5, 0.6) is 0 Å². The smallest absolute Gasteiger partial charge is 0.0663 e. The van der Waals surface area contributed by atoms with E-state index in [1.165, 1.54) is 0 Å². The lowest BCUT2D eigenvalue weighted by Gasteiger charge is -2.27. The summed E-state index contributed by atoms with van der Waals surface area (Å²) in [6.45, 7) is 4.92. The van der Waals surface area contributed by atoms with Crippen LogP contribution in [0, 0.1) is 0 Å². The van der Waals surface area contributed by atoms with Crippen LogP contribution < -0.4 is 10.2 Å². The van der Waals surface area contributed by atoms with Crippen LogP contribution in [0.3, 0.4) is 0 Å². The fourth-order valence-electron chi connectivity index (χ4n) is 1.85. The third-order valence-electron chi connectivity index (χ3n) is 3.36. The topological polar surface area (TPSA) is 24.5 Å². The predicted molar refractivity (Wildman–Crippen MR) is 78.7 cm³/mol. The van der Waals surface area contributed by atoms with E-state index in [1.807, 2.05) is 13.1 Å². The molecule has 0 spiro atoms. The monoisotopic (exact) mass is 270 g/mol. The summed E-state index contributed by atoms with van der Waals surface area (Å²) >= 11 is 6.33. The van der Waals surface area contributed by atoms with Gasteiger partial charge in [0.1, 0.15) is 0 Å². The van der Waals surface area contributed by atoms with Gasteiger partial charge in [-0.3, -0.25) is 0 Å². The molecule has 18 heavy (non-hydrogen) atoms. The summed E-state index contributed by atoms with van der Waals surface area (Å²) in [5.41, 5.74) is 2.23. The van der Waals surface area contributed by atoms with E-state index in [2.05, 4.69) is 43.2 Å². The fourth-order valence-corrected chi connectivity index (χ4v) is 2.19. The summed E-state index contributed by atoms with van der Waals surface area (Å²) in [5.74, 6) is 0. The van der Waals surface area contributed by atoms with Gasteiger partial charge in [0.15, 0.2) is 0 Å². The molecule has 1 aromatic carbocycles. The van der Waals surface area contributed by atoms with Gasteiger partial charge in [0.2, 0.25) is 0 Å². The predicted octanol–water partition coefficient (Wildman–Crippen LogP) is 3.09. The van der Waals surface area contributed by atoms with Gasteiger partial charge in [-0.1, -0.05) is 17.7 Å². The maximum Gasteiger partial charge on any atom is 0.0663 e. The Morgan fingerprint density at radius 1 is 1.39 bits per heavy atom. The average molecular weight is 271 g/mol. The van der Waals surface area contributed by atoms with E-state index in [0.717, 1.165) is 16.3 Å². The highest BCUT2D eigenvalue weighted by atomic mass is 35.5. The quantitative estimate of drug-likeness (QED) is 0.860. The molecule has 2 unspecified atom stereocenters. The first kappa shape index (κ1) is 15.3. The van der Waals surface area contributed by atoms with E-state index in [9.17, 15) is 0 Å². The van der Waals surface area contributed by atoms with Gasteiger partial charge >= 0.3 is 0 Å². The van der Waals surface area contributed by atoms with Gasteiger partial charge in [0.25, 0.3) is 0 Å². The molecule has 102 valence electrons. The summed E-state index contributed by atoms with van der Waals surface area (Å²) in [6, 6.07) is 6.76. The number of hydrogen-bond donors (Lipinski definition) is 1. The van der Waals surface area contributed by atoms with Crippen molar-refractivity contribution in [2.45, 2.75) is 25.9 Å². The van der Waals surface area contributed by atoms with Crippen LogP contribution in [0.2, 0.25) is 5.02 Å². The Hall–Kier alpha value is -0.770. The zero-order valence-corrected chi connectivity index (χ0v) is 12.6. The van der Waals surface area contributed by atoms with E-state index in [0.29, 0.717) is 12.6 Å². The van der Waals surface area contributed by atoms with Gasteiger partial charge < -0.3 is 15.0 Å². The largest absolute Gasteiger partial charge is 0.383 e. The Balaban J connectivity index is 2.90. The molecule has 0 aliphatic carbocycles. The van der Waals surface area contributed by atoms with E-state index in [1.54, 1.807) is 7.11 Å². The van der Waals surface area contributed by atoms with Gasteiger partial charge in [-0.05, 0) is 38.6 Å². The van der Waals surface area contributed by atoms with Crippen molar-refractivity contribution in [3.63, 3.8) is 0 Å². The number of nitrogens with one attached hydrogen (secondary N) is 1. The Morgan fingerprint density at radius 3 is 2.56 bits per heavy atom. The van der Waals surface area contributed by atoms with Crippen molar-refractivity contribution in [3.05, 3.63) is 28.8 Å². The van der Waals surface area contributed by atoms with Crippen molar-refractivity contribution >= 4 is 17.3 Å². The average Bonchev–Trinajstić information content (AvgIpc) is 2.37. The Morgan fingerprint density at radius 2 is 2.06 bits per heavy atom. The van der Waals surface area contributed by atoms with Crippen LogP contribution in [-0.2, 0) is 4.74 Å². The van der Waals surface area contributed by atoms with E-state index < -0.39 is 0 Å². The molecule has 3 nitrogen and oxygen atoms in total. The minimum absolute atomic E-state index is 0.258. The molecular formula is C14H23ClN2O. The van der Waals surface area contributed by atoms with Crippen LogP contribution in [0.25, 0.3) is 0 Å². The number of ether oxygens (including phenoxy) is 1. The maximum atomic E-state index is 6.33. The molecule has 0 radical (unpaired) electrons. The molecule has 0 amide bonds. The SMILES string of the molecule is CNC(C)c1ccc(N(C)C(C)COC)cc1Cl. The molecule has 0 heterocycles. The first-order valence-corrected chi connectivity index (χ1v) is 6.57. The third-order valence-corrected chi connectivity index (χ3v) is 3.69. The van der Waals surface area contributed by atoms with Crippen molar-refractivity contribution in [2.75, 3.05) is 32.7 Å². The van der Waals surface area contributed by atoms with Gasteiger partial charge in [0, 0.05) is 37.0 Å². The van der Waals surface area contributed by atoms with Crippen molar-refractivity contribution < 1.29 is 4.74 Å². The normalized spacial score (nSPS) is 14.3. The lowest BCUT2D eigenvalue weighted by atomic mass is 10.1. The van der Waals surface area contributed by atoms with Crippen LogP contribution in [-0.4, -0.2) is 33.9 Å². The summed E-state index contributed by atoms with van der Waals surface area (Å²) < 4.78 is 5.17. The molecule has 0 bridgehead atoms. The standard InChI is InChI=1S/C14H23ClN2O/c1-10(9-18-5)17(4)12-6-7-13(11(2)16-3)14(15)8-12/h6-8,10-11,16H,9H2,1-5H3. The van der Waals surface area contributed by atoms with E-state index >= 15 is 0 Å². The van der Waals surface area contributed by atoms with E-state index in [-0.39, 0.29) is 6.04 Å². The number of nitrogens with zero attached hydrogens (tertiary/aromatic N) is 1. The first-order chi connectivity index (χ1) is 8.51. The lowest BCUT2D eigenvalue weighted by molar-refractivity contribution is 0.183. The van der Waals surface area contributed by atoms with Crippen LogP contribution in [0.15, 0.2) is 18.2 Å². The van der Waals surface area contributed by atoms with Gasteiger partial charge in [-0.15, -0.1) is 0 Å². The Bertz CT molecular complexity index is 384. The molecule has 0 aliphatic heterocycles. The Labute approximate surface area is 115 Å². The molecule has 1 aromatic rings. The highest BCUT2D eigenvalue weighted by molar-refractivity contribution is 6.31. The molecule has 2 atom stereocenters. The number of hydrogen-bond acceptors (Lipinski definition) is 3. The molecule has 0 fully saturated rings. The molecule has 0 saturated carbocycles. The number of rotatable bonds is 6. The molecule has 1 rings (SSSR count). The second-order valence-electron chi connectivity index (χ2n) is 4.63. The fraction of sp³-hybridized carbons (Fsp3) is 0.571. The van der Waals surface area contributed by atoms with Crippen LogP contribution in [0.1, 0.15) is 25.5 Å². The lowest BCUT2D eigenvalue weighted by Crippen LogP contribution is -2.32. The zero-order chi connectivity index (χ0) is 13.7. The van der Waals surface area contributed by atoms with Crippen molar-refractivity contribution in [3.8, 4) is 0 Å². The van der Waals surface area contributed by atoms with E-state index in [4.69, 9.17) is 16.3 Å². The second kappa shape index (κ2) is 6.98. The number of likely N-dealkylation sites (N-methyl/N-ethyl adjacent to an activating group) is 1. The van der Waals surface area contributed by atoms with Crippen LogP contribution >= 0.6 is 11.6 Å². The second-order valence-corrected chi connectivity index (χ2v) is 5.04. The molecule has 1 N–H and O–H groups in total. The third kappa shape index (κ3) is 3.61. The number of methoxy groups -OCH3 is 1. The molecule has 0 aromatic heterocycles. The molecule has 0 saturated heterocycles. The minimum Gasteiger partial charge on any atom is -0.383 e. The highest BCUT2D eigenvalue weighted by Gasteiger charge is 2.13. The Kier molecular flexibility index (Phi) is 5.93. The molecule has 4 heteroatoms. The number of benzene rings is 1. The van der Waals surface area contributed by atoms with Gasteiger partial charge in [-0.2, -0.15) is 0 Å². The van der Waals surface area contributed by atoms with Gasteiger partial charge in [-0.25, -0.2) is 0 Å². The molecular weight excluding hydrogens is 248 g/mol. The summed E-state index contributed by atoms with van der Waals surface area (Å²) in [4.78, 5) is 2.17. The summed E-state index contributed by atoms with van der Waals surface area (Å²) in [6.07, 6.45) is 0. The number of anilines is 1. The van der Waals surface area contributed by atoms with Crippen LogP contribution in [0.4, 0.5) is 5.69 Å². The number of halogens is 1. The zero-order valence-electron chi connectivity index (χ0n) is 11.8. The molecule has 0 aliphatic rings. The summed E-state index contributed by atoms with van der Waals surface area (Å²) in [7, 11) is 5.70.